The van der Waals surface area contributed by atoms with Crippen molar-refractivity contribution in [2.75, 3.05) is 32.8 Å². The minimum atomic E-state index is 0.839. The van der Waals surface area contributed by atoms with E-state index in [1.54, 1.807) is 0 Å². The van der Waals surface area contributed by atoms with Gasteiger partial charge in [-0.1, -0.05) is 6.42 Å². The lowest BCUT2D eigenvalue weighted by molar-refractivity contribution is 0.00551. The first-order valence-corrected chi connectivity index (χ1v) is 4.91. The van der Waals surface area contributed by atoms with Gasteiger partial charge < -0.3 is 10.1 Å². The van der Waals surface area contributed by atoms with Crippen LogP contribution < -0.4 is 5.32 Å². The molecule has 3 nitrogen and oxygen atoms in total. The quantitative estimate of drug-likeness (QED) is 0.621. The van der Waals surface area contributed by atoms with E-state index in [1.807, 2.05) is 0 Å². The Labute approximate surface area is 74.1 Å². The minimum absolute atomic E-state index is 0.839. The molecule has 2 rings (SSSR count). The molecule has 2 saturated heterocycles. The summed E-state index contributed by atoms with van der Waals surface area (Å²) >= 11 is 0. The molecule has 0 amide bonds. The molecule has 1 radical (unpaired) electrons. The van der Waals surface area contributed by atoms with Crippen LogP contribution in [0.15, 0.2) is 0 Å². The smallest absolute Gasteiger partial charge is 0.178 e. The number of likely N-dealkylation sites (tertiary alicyclic amines) is 1. The van der Waals surface area contributed by atoms with Crippen molar-refractivity contribution in [2.24, 2.45) is 0 Å². The van der Waals surface area contributed by atoms with Gasteiger partial charge in [-0.25, -0.2) is 0 Å². The van der Waals surface area contributed by atoms with Crippen LogP contribution in [0, 0.1) is 6.23 Å². The van der Waals surface area contributed by atoms with Crippen LogP contribution in [0.25, 0.3) is 0 Å². The molecule has 1 N–H and O–H groups in total. The summed E-state index contributed by atoms with van der Waals surface area (Å²) in [5.74, 6) is 0. The highest BCUT2D eigenvalue weighted by Gasteiger charge is 2.23. The average Bonchev–Trinajstić information content (AvgIpc) is 2.21. The maximum absolute atomic E-state index is 5.60. The summed E-state index contributed by atoms with van der Waals surface area (Å²) in [5.41, 5.74) is 0. The highest BCUT2D eigenvalue weighted by molar-refractivity contribution is 4.86. The normalized spacial score (nSPS) is 29.0. The van der Waals surface area contributed by atoms with Gasteiger partial charge >= 0.3 is 0 Å². The lowest BCUT2D eigenvalue weighted by atomic mass is 10.1. The Hall–Kier alpha value is -0.120. The van der Waals surface area contributed by atoms with Crippen LogP contribution in [-0.4, -0.2) is 37.7 Å². The summed E-state index contributed by atoms with van der Waals surface area (Å²) < 4.78 is 5.60. The first kappa shape index (κ1) is 8.48. The van der Waals surface area contributed by atoms with E-state index in [1.165, 1.54) is 38.6 Å². The molecule has 0 saturated carbocycles. The van der Waals surface area contributed by atoms with Crippen molar-refractivity contribution in [3.05, 3.63) is 6.23 Å². The largest absolute Gasteiger partial charge is 0.353 e. The average molecular weight is 169 g/mol. The van der Waals surface area contributed by atoms with Crippen molar-refractivity contribution in [1.29, 1.82) is 0 Å². The van der Waals surface area contributed by atoms with Crippen LogP contribution in [0.1, 0.15) is 19.3 Å². The van der Waals surface area contributed by atoms with Gasteiger partial charge in [0, 0.05) is 26.2 Å². The van der Waals surface area contributed by atoms with Crippen LogP contribution in [0.2, 0.25) is 0 Å². The van der Waals surface area contributed by atoms with E-state index in [2.05, 4.69) is 10.2 Å². The Morgan fingerprint density at radius 3 is 2.67 bits per heavy atom. The Kier molecular flexibility index (Phi) is 2.98. The topological polar surface area (TPSA) is 24.5 Å². The van der Waals surface area contributed by atoms with Gasteiger partial charge in [-0.15, -0.1) is 0 Å². The monoisotopic (exact) mass is 169 g/mol. The molecular weight excluding hydrogens is 152 g/mol. The molecule has 0 aromatic carbocycles. The first-order valence-electron chi connectivity index (χ1n) is 4.91. The molecule has 0 unspecified atom stereocenters. The van der Waals surface area contributed by atoms with Gasteiger partial charge in [-0.3, -0.25) is 4.90 Å². The van der Waals surface area contributed by atoms with Gasteiger partial charge in [0.05, 0.1) is 6.61 Å². The Morgan fingerprint density at radius 2 is 2.00 bits per heavy atom. The highest BCUT2D eigenvalue weighted by Crippen LogP contribution is 2.18. The lowest BCUT2D eigenvalue weighted by Gasteiger charge is -2.35. The molecule has 3 heteroatoms. The van der Waals surface area contributed by atoms with Crippen molar-refractivity contribution in [2.45, 2.75) is 19.3 Å². The second kappa shape index (κ2) is 4.21. The van der Waals surface area contributed by atoms with Crippen molar-refractivity contribution < 1.29 is 4.74 Å². The van der Waals surface area contributed by atoms with Gasteiger partial charge in [-0.05, 0) is 12.8 Å². The van der Waals surface area contributed by atoms with E-state index in [0.29, 0.717) is 0 Å². The zero-order valence-corrected chi connectivity index (χ0v) is 7.51. The summed E-state index contributed by atoms with van der Waals surface area (Å²) in [6.07, 6.45) is 5.21. The number of morpholine rings is 1. The number of nitrogens with one attached hydrogen (secondary N) is 1. The van der Waals surface area contributed by atoms with Gasteiger partial charge in [-0.2, -0.15) is 0 Å². The Balaban J connectivity index is 1.80. The van der Waals surface area contributed by atoms with E-state index in [9.17, 15) is 0 Å². The third-order valence-electron chi connectivity index (χ3n) is 2.53. The van der Waals surface area contributed by atoms with Gasteiger partial charge in [0.15, 0.2) is 6.23 Å². The van der Waals surface area contributed by atoms with Gasteiger partial charge in [0.1, 0.15) is 0 Å². The maximum Gasteiger partial charge on any atom is 0.178 e. The van der Waals surface area contributed by atoms with E-state index in [0.717, 1.165) is 19.7 Å². The predicted molar refractivity (Wildman–Crippen MR) is 47.5 cm³/mol. The number of rotatable bonds is 1. The number of hydrogen-bond donors (Lipinski definition) is 1. The predicted octanol–water partition coefficient (Wildman–Crippen LogP) is 0.582. The van der Waals surface area contributed by atoms with E-state index >= 15 is 0 Å². The molecule has 0 aromatic heterocycles. The Morgan fingerprint density at radius 1 is 1.17 bits per heavy atom. The van der Waals surface area contributed by atoms with Crippen LogP contribution in [0.4, 0.5) is 0 Å². The standard InChI is InChI=1S/C9H17N2O/c1-2-5-11(6-3-1)9-8-10-4-7-12-9/h10H,1-8H2. The second-order valence-electron chi connectivity index (χ2n) is 3.47. The molecule has 2 fully saturated rings. The van der Waals surface area contributed by atoms with Gasteiger partial charge in [0.25, 0.3) is 0 Å². The molecule has 0 aromatic rings. The molecule has 69 valence electrons. The van der Waals surface area contributed by atoms with Crippen molar-refractivity contribution in [3.8, 4) is 0 Å². The van der Waals surface area contributed by atoms with Gasteiger partial charge in [0.2, 0.25) is 0 Å². The third kappa shape index (κ3) is 1.97. The number of ether oxygens (including phenoxy) is 1. The fourth-order valence-corrected chi connectivity index (χ4v) is 1.83. The van der Waals surface area contributed by atoms with Crippen LogP contribution in [-0.2, 0) is 4.74 Å². The molecule has 0 spiro atoms. The zero-order chi connectivity index (χ0) is 8.23. The Bertz CT molecular complexity index is 112. The van der Waals surface area contributed by atoms with Crippen LogP contribution in [0.3, 0.4) is 0 Å². The van der Waals surface area contributed by atoms with E-state index in [-0.39, 0.29) is 0 Å². The second-order valence-corrected chi connectivity index (χ2v) is 3.47. The number of hydrogen-bond acceptors (Lipinski definition) is 3. The van der Waals surface area contributed by atoms with E-state index in [4.69, 9.17) is 4.74 Å². The highest BCUT2D eigenvalue weighted by atomic mass is 16.5. The molecule has 2 aliphatic heterocycles. The third-order valence-corrected chi connectivity index (χ3v) is 2.53. The number of nitrogens with zero attached hydrogens (tertiary/aromatic N) is 1. The number of piperidine rings is 1. The van der Waals surface area contributed by atoms with E-state index < -0.39 is 0 Å². The fourth-order valence-electron chi connectivity index (χ4n) is 1.83. The van der Waals surface area contributed by atoms with Crippen LogP contribution in [0.5, 0.6) is 0 Å². The van der Waals surface area contributed by atoms with Crippen molar-refractivity contribution in [1.82, 2.24) is 10.2 Å². The summed E-state index contributed by atoms with van der Waals surface area (Å²) in [6, 6.07) is 0. The van der Waals surface area contributed by atoms with Crippen LogP contribution >= 0.6 is 0 Å². The maximum atomic E-state index is 5.60. The summed E-state index contributed by atoms with van der Waals surface area (Å²) in [7, 11) is 0. The zero-order valence-electron chi connectivity index (χ0n) is 7.51. The molecule has 2 heterocycles. The molecule has 0 bridgehead atoms. The summed E-state index contributed by atoms with van der Waals surface area (Å²) in [5, 5.41) is 3.33. The van der Waals surface area contributed by atoms with Crippen molar-refractivity contribution in [3.63, 3.8) is 0 Å². The molecule has 0 aliphatic carbocycles. The lowest BCUT2D eigenvalue weighted by Crippen LogP contribution is -2.45. The molecule has 2 aliphatic rings. The molecular formula is C9H17N2O. The summed E-state index contributed by atoms with van der Waals surface area (Å²) in [6.45, 7) is 5.15. The minimum Gasteiger partial charge on any atom is -0.353 e. The first-order chi connectivity index (χ1) is 5.97. The fraction of sp³-hybridized carbons (Fsp3) is 0.889. The molecule has 12 heavy (non-hydrogen) atoms. The summed E-state index contributed by atoms with van der Waals surface area (Å²) in [4.78, 5) is 2.38. The SMILES string of the molecule is C1CCN([C]2CNCCO2)CC1. The molecule has 0 atom stereocenters. The van der Waals surface area contributed by atoms with Crippen molar-refractivity contribution >= 4 is 0 Å².